The van der Waals surface area contributed by atoms with Crippen LogP contribution in [-0.4, -0.2) is 33.5 Å². The fourth-order valence-electron chi connectivity index (χ4n) is 2.17. The Balaban J connectivity index is 0.000000240. The third kappa shape index (κ3) is 7.81. The maximum Gasteiger partial charge on any atom is 2.00 e. The minimum Gasteiger partial charge on any atom is -0.573 e. The van der Waals surface area contributed by atoms with Gasteiger partial charge in [-0.05, 0) is 27.7 Å². The van der Waals surface area contributed by atoms with Gasteiger partial charge in [0.15, 0.2) is 23.0 Å². The Morgan fingerprint density at radius 1 is 0.714 bits per heavy atom. The average Bonchev–Trinajstić information content (AvgIpc) is 3.39. The van der Waals surface area contributed by atoms with Crippen LogP contribution < -0.4 is 10.2 Å². The molecule has 2 aromatic rings. The topological polar surface area (TPSA) is 192 Å². The summed E-state index contributed by atoms with van der Waals surface area (Å²) in [4.78, 5) is 30.5. The summed E-state index contributed by atoms with van der Waals surface area (Å²) in [5, 5.41) is 41.2. The minimum absolute atomic E-state index is 0. The van der Waals surface area contributed by atoms with Crippen molar-refractivity contribution in [1.29, 1.82) is 0 Å². The number of thiazole rings is 2. The van der Waals surface area contributed by atoms with Crippen LogP contribution in [0.4, 0.5) is 10.3 Å². The van der Waals surface area contributed by atoms with Crippen molar-refractivity contribution in [2.24, 2.45) is 20.5 Å². The summed E-state index contributed by atoms with van der Waals surface area (Å²) < 4.78 is 19.3. The first-order valence-corrected chi connectivity index (χ1v) is 11.0. The minimum atomic E-state index is -1.27. The van der Waals surface area contributed by atoms with Crippen LogP contribution in [0.2, 0.25) is 0 Å². The molecule has 0 saturated heterocycles. The fourth-order valence-corrected chi connectivity index (χ4v) is 3.08. The Morgan fingerprint density at radius 2 is 1.09 bits per heavy atom. The molecule has 0 saturated carbocycles. The molecule has 17 heteroatoms. The molecule has 0 unspecified atom stereocenters. The van der Waals surface area contributed by atoms with Gasteiger partial charge in [-0.15, -0.1) is 43.1 Å². The van der Waals surface area contributed by atoms with Crippen LogP contribution in [0.15, 0.2) is 66.9 Å². The van der Waals surface area contributed by atoms with Crippen LogP contribution in [0.5, 0.6) is 0 Å². The molecular weight excluding hydrogens is 551 g/mol. The number of esters is 2. The van der Waals surface area contributed by atoms with Crippen molar-refractivity contribution in [1.82, 2.24) is 9.97 Å². The maximum atomic E-state index is 11.4. The van der Waals surface area contributed by atoms with Gasteiger partial charge in [0.1, 0.15) is 0 Å². The molecule has 0 atom stereocenters. The first-order valence-electron chi connectivity index (χ1n) is 9.25. The summed E-state index contributed by atoms with van der Waals surface area (Å²) in [6, 6.07) is 0. The van der Waals surface area contributed by atoms with Crippen LogP contribution in [0.3, 0.4) is 0 Å². The summed E-state index contributed by atoms with van der Waals surface area (Å²) >= 11 is 2.45. The van der Waals surface area contributed by atoms with E-state index in [0.29, 0.717) is 10.3 Å². The molecule has 2 aliphatic heterocycles. The summed E-state index contributed by atoms with van der Waals surface area (Å²) in [5.41, 5.74) is -0.973. The molecule has 2 aliphatic rings. The van der Waals surface area contributed by atoms with Gasteiger partial charge in [0.2, 0.25) is 10.3 Å². The van der Waals surface area contributed by atoms with Crippen LogP contribution in [0.1, 0.15) is 27.7 Å². The second kappa shape index (κ2) is 11.3. The fraction of sp³-hybridized carbons (Fsp3) is 0.333. The van der Waals surface area contributed by atoms with Crippen molar-refractivity contribution in [3.05, 3.63) is 46.4 Å². The Morgan fingerprint density at radius 3 is 1.37 bits per heavy atom. The number of aromatic nitrogens is 2. The van der Waals surface area contributed by atoms with Crippen molar-refractivity contribution >= 4 is 44.9 Å². The Hall–Kier alpha value is -3.41. The van der Waals surface area contributed by atoms with Crippen molar-refractivity contribution in [2.75, 3.05) is 0 Å². The van der Waals surface area contributed by atoms with Crippen LogP contribution in [-0.2, 0) is 45.3 Å². The summed E-state index contributed by atoms with van der Waals surface area (Å²) in [5.74, 6) is -5.96. The quantitative estimate of drug-likeness (QED) is 0.390. The Kier molecular flexibility index (Phi) is 9.02. The molecule has 35 heavy (non-hydrogen) atoms. The van der Waals surface area contributed by atoms with Crippen LogP contribution in [0.25, 0.3) is 0 Å². The smallest absolute Gasteiger partial charge is 0.573 e. The third-order valence-corrected chi connectivity index (χ3v) is 4.75. The molecule has 187 valence electrons. The van der Waals surface area contributed by atoms with Gasteiger partial charge in [0.25, 0.3) is 0 Å². The van der Waals surface area contributed by atoms with Gasteiger partial charge in [0, 0.05) is 23.2 Å². The van der Waals surface area contributed by atoms with Gasteiger partial charge >= 0.3 is 28.7 Å². The summed E-state index contributed by atoms with van der Waals surface area (Å²) in [7, 11) is 0. The molecule has 0 bridgehead atoms. The van der Waals surface area contributed by atoms with Crippen molar-refractivity contribution in [3.63, 3.8) is 0 Å². The van der Waals surface area contributed by atoms with E-state index in [1.807, 2.05) is 0 Å². The number of hydrogen-bond acceptors (Lipinski definition) is 16. The second-order valence-electron chi connectivity index (χ2n) is 7.08. The van der Waals surface area contributed by atoms with Gasteiger partial charge in [-0.1, -0.05) is 0 Å². The van der Waals surface area contributed by atoms with E-state index in [1.165, 1.54) is 62.8 Å². The number of rotatable bonds is 4. The summed E-state index contributed by atoms with van der Waals surface area (Å²) in [6.45, 7) is 5.82. The number of carbonyl (C=O) groups excluding carboxylic acids is 2. The van der Waals surface area contributed by atoms with Crippen LogP contribution >= 0.6 is 22.7 Å². The first-order chi connectivity index (χ1) is 16.0. The average molecular weight is 567 g/mol. The van der Waals surface area contributed by atoms with E-state index in [4.69, 9.17) is 18.9 Å². The van der Waals surface area contributed by atoms with Crippen molar-refractivity contribution in [2.45, 2.75) is 39.3 Å². The Bertz CT molecular complexity index is 1080. The van der Waals surface area contributed by atoms with E-state index in [9.17, 15) is 19.8 Å². The van der Waals surface area contributed by atoms with Gasteiger partial charge in [-0.2, -0.15) is 0 Å². The van der Waals surface area contributed by atoms with E-state index >= 15 is 0 Å². The number of ether oxygens (including phenoxy) is 4. The number of azo groups is 2. The molecule has 0 aromatic carbocycles. The maximum absolute atomic E-state index is 11.4. The number of nitrogens with zero attached hydrogens (tertiary/aromatic N) is 6. The van der Waals surface area contributed by atoms with Gasteiger partial charge < -0.3 is 29.2 Å². The van der Waals surface area contributed by atoms with E-state index in [-0.39, 0.29) is 16.8 Å². The monoisotopic (exact) mass is 567 g/mol. The van der Waals surface area contributed by atoms with Gasteiger partial charge in [0.05, 0.1) is 11.9 Å². The molecule has 0 amide bonds. The van der Waals surface area contributed by atoms with E-state index < -0.39 is 46.8 Å². The molecule has 1 radical (unpaired) electrons. The summed E-state index contributed by atoms with van der Waals surface area (Å²) in [6.07, 6.45) is 3.06. The van der Waals surface area contributed by atoms with Gasteiger partial charge in [-0.3, -0.25) is 0 Å². The van der Waals surface area contributed by atoms with E-state index in [2.05, 4.69) is 30.4 Å². The van der Waals surface area contributed by atoms with Gasteiger partial charge in [-0.25, -0.2) is 19.6 Å². The normalized spacial score (nSPS) is 18.7. The molecule has 14 nitrogen and oxygen atoms in total. The second-order valence-corrected chi connectivity index (χ2v) is 8.83. The zero-order chi connectivity index (χ0) is 24.9. The zero-order valence-electron chi connectivity index (χ0n) is 18.4. The number of carbonyl (C=O) groups is 2. The molecule has 4 heterocycles. The van der Waals surface area contributed by atoms with E-state index in [0.717, 1.165) is 0 Å². The molecule has 2 aromatic heterocycles. The van der Waals surface area contributed by atoms with Crippen LogP contribution in [0, 0.1) is 0 Å². The molecule has 4 rings (SSSR count). The molecule has 0 fully saturated rings. The van der Waals surface area contributed by atoms with E-state index in [1.54, 1.807) is 10.8 Å². The zero-order valence-corrected chi connectivity index (χ0v) is 21.1. The third-order valence-electron chi connectivity index (χ3n) is 3.44. The van der Waals surface area contributed by atoms with Crippen molar-refractivity contribution < 1.29 is 55.5 Å². The molecule has 0 N–H and O–H groups in total. The standard InChI is InChI=1S/2C9H9N3O4S.Co/c2*1-9(2)15-6(13)5(7(14)16-9)11-12-8-10-3-4-17-8;/h2*3-4,13H,1-2H3;/q;;+2/p-2. The molecule has 0 spiro atoms. The molecular formula is C18H16CoN6O8S2. The van der Waals surface area contributed by atoms with Crippen molar-refractivity contribution in [3.8, 4) is 0 Å². The number of cyclic esters (lactones) is 2. The predicted molar refractivity (Wildman–Crippen MR) is 110 cm³/mol. The molecule has 0 aliphatic carbocycles. The SMILES string of the molecule is CC1(C)OC(=O)C(N=Nc2nccs2)=C([O-])O1.CC1(C)OC(=O)C(N=Nc2nccs2)=C([O-])O1.[Co+2]. The first kappa shape index (κ1) is 27.8. The largest absolute Gasteiger partial charge is 2.00 e. The number of hydrogen-bond donors (Lipinski definition) is 0. The predicted octanol–water partition coefficient (Wildman–Crippen LogP) is 2.13. The Labute approximate surface area is 216 Å².